The zero-order chi connectivity index (χ0) is 9.23. The van der Waals surface area contributed by atoms with Gasteiger partial charge in [0.25, 0.3) is 0 Å². The molecule has 0 atom stereocenters. The Morgan fingerprint density at radius 1 is 1.58 bits per heavy atom. The number of ether oxygens (including phenoxy) is 1. The molecular weight excluding hydrogens is 158 g/mol. The first-order chi connectivity index (χ1) is 5.77. The average molecular weight is 173 g/mol. The van der Waals surface area contributed by atoms with Gasteiger partial charge in [-0.3, -0.25) is 4.99 Å². The minimum absolute atomic E-state index is 0.524. The summed E-state index contributed by atoms with van der Waals surface area (Å²) in [6.45, 7) is 3.99. The van der Waals surface area contributed by atoms with E-state index in [4.69, 9.17) is 9.84 Å². The van der Waals surface area contributed by atoms with Gasteiger partial charge in [-0.2, -0.15) is 0 Å². The molecule has 0 aromatic rings. The van der Waals surface area contributed by atoms with E-state index in [9.17, 15) is 4.79 Å². The highest BCUT2D eigenvalue weighted by molar-refractivity contribution is 6.21. The van der Waals surface area contributed by atoms with E-state index in [0.29, 0.717) is 13.2 Å². The van der Waals surface area contributed by atoms with Gasteiger partial charge in [0, 0.05) is 19.8 Å². The van der Waals surface area contributed by atoms with Crippen molar-refractivity contribution in [1.82, 2.24) is 0 Å². The van der Waals surface area contributed by atoms with Crippen LogP contribution in [0.15, 0.2) is 4.99 Å². The van der Waals surface area contributed by atoms with Crippen LogP contribution in [0.4, 0.5) is 0 Å². The second kappa shape index (κ2) is 8.20. The molecule has 0 aromatic heterocycles. The molecule has 0 spiro atoms. The van der Waals surface area contributed by atoms with Gasteiger partial charge in [0.15, 0.2) is 0 Å². The zero-order valence-corrected chi connectivity index (χ0v) is 7.32. The monoisotopic (exact) mass is 173 g/mol. The molecule has 0 fully saturated rings. The van der Waals surface area contributed by atoms with E-state index in [1.54, 1.807) is 0 Å². The van der Waals surface area contributed by atoms with Gasteiger partial charge in [-0.25, -0.2) is 4.79 Å². The van der Waals surface area contributed by atoms with Crippen molar-refractivity contribution >= 4 is 12.2 Å². The molecular formula is C8H15NO3. The number of aliphatic imine (C=N–C) groups is 1. The molecule has 12 heavy (non-hydrogen) atoms. The first-order valence-electron chi connectivity index (χ1n) is 4.08. The molecule has 0 rings (SSSR count). The molecule has 0 heterocycles. The van der Waals surface area contributed by atoms with Crippen molar-refractivity contribution in [2.75, 3.05) is 19.8 Å². The Hall–Kier alpha value is -0.900. The fourth-order valence-corrected chi connectivity index (χ4v) is 0.647. The predicted octanol–water partition coefficient (Wildman–Crippen LogP) is 0.958. The molecule has 4 nitrogen and oxygen atoms in total. The lowest BCUT2D eigenvalue weighted by Gasteiger charge is -1.98. The van der Waals surface area contributed by atoms with Crippen LogP contribution >= 0.6 is 0 Å². The number of carbonyl (C=O) groups is 1. The van der Waals surface area contributed by atoms with Gasteiger partial charge >= 0.3 is 5.97 Å². The van der Waals surface area contributed by atoms with Crippen molar-refractivity contribution in [2.24, 2.45) is 4.99 Å². The highest BCUT2D eigenvalue weighted by Crippen LogP contribution is 1.85. The van der Waals surface area contributed by atoms with Gasteiger partial charge in [-0.05, 0) is 12.8 Å². The third kappa shape index (κ3) is 9.10. The van der Waals surface area contributed by atoms with Crippen LogP contribution in [-0.2, 0) is 9.53 Å². The zero-order valence-electron chi connectivity index (χ0n) is 7.32. The van der Waals surface area contributed by atoms with Crippen LogP contribution in [0.25, 0.3) is 0 Å². The van der Waals surface area contributed by atoms with Crippen LogP contribution in [-0.4, -0.2) is 37.0 Å². The van der Waals surface area contributed by atoms with E-state index >= 15 is 0 Å². The van der Waals surface area contributed by atoms with Gasteiger partial charge in [0.05, 0.1) is 0 Å². The number of aliphatic carboxylic acids is 1. The maximum Gasteiger partial charge on any atom is 0.346 e. The SMILES string of the molecule is CCCOCCCN=CC(=O)O. The Kier molecular flexibility index (Phi) is 7.58. The molecule has 0 aliphatic heterocycles. The smallest absolute Gasteiger partial charge is 0.346 e. The molecule has 0 saturated heterocycles. The van der Waals surface area contributed by atoms with Gasteiger partial charge in [0.1, 0.15) is 6.21 Å². The largest absolute Gasteiger partial charge is 0.477 e. The van der Waals surface area contributed by atoms with Crippen molar-refractivity contribution in [3.05, 3.63) is 0 Å². The van der Waals surface area contributed by atoms with Gasteiger partial charge in [-0.15, -0.1) is 0 Å². The minimum Gasteiger partial charge on any atom is -0.477 e. The number of nitrogens with zero attached hydrogens (tertiary/aromatic N) is 1. The Morgan fingerprint density at radius 3 is 2.92 bits per heavy atom. The highest BCUT2D eigenvalue weighted by atomic mass is 16.5. The summed E-state index contributed by atoms with van der Waals surface area (Å²) < 4.78 is 5.17. The van der Waals surface area contributed by atoms with Crippen molar-refractivity contribution in [1.29, 1.82) is 0 Å². The Labute approximate surface area is 72.3 Å². The molecule has 0 aliphatic rings. The number of hydrogen-bond acceptors (Lipinski definition) is 3. The predicted molar refractivity (Wildman–Crippen MR) is 46.7 cm³/mol. The first-order valence-corrected chi connectivity index (χ1v) is 4.08. The molecule has 0 aromatic carbocycles. The molecule has 0 saturated carbocycles. The van der Waals surface area contributed by atoms with Gasteiger partial charge < -0.3 is 9.84 Å². The van der Waals surface area contributed by atoms with Crippen molar-refractivity contribution in [2.45, 2.75) is 19.8 Å². The lowest BCUT2D eigenvalue weighted by Crippen LogP contribution is -1.99. The second-order valence-electron chi connectivity index (χ2n) is 2.34. The number of hydrogen-bond donors (Lipinski definition) is 1. The Balaban J connectivity index is 3.05. The van der Waals surface area contributed by atoms with Crippen LogP contribution in [0.1, 0.15) is 19.8 Å². The summed E-state index contributed by atoms with van der Waals surface area (Å²) in [7, 11) is 0. The van der Waals surface area contributed by atoms with Crippen molar-refractivity contribution < 1.29 is 14.6 Å². The fourth-order valence-electron chi connectivity index (χ4n) is 0.647. The third-order valence-corrected chi connectivity index (χ3v) is 1.13. The normalized spacial score (nSPS) is 10.8. The topological polar surface area (TPSA) is 58.9 Å². The minimum atomic E-state index is -0.996. The summed E-state index contributed by atoms with van der Waals surface area (Å²) in [5.74, 6) is -0.996. The maximum absolute atomic E-state index is 9.95. The number of carboxylic acid groups (broad SMARTS) is 1. The molecule has 0 aliphatic carbocycles. The summed E-state index contributed by atoms with van der Waals surface area (Å²) in [5, 5.41) is 8.17. The Morgan fingerprint density at radius 2 is 2.33 bits per heavy atom. The molecule has 0 unspecified atom stereocenters. The van der Waals surface area contributed by atoms with Crippen molar-refractivity contribution in [3.8, 4) is 0 Å². The van der Waals surface area contributed by atoms with E-state index < -0.39 is 5.97 Å². The summed E-state index contributed by atoms with van der Waals surface area (Å²) in [6, 6.07) is 0. The molecule has 0 bridgehead atoms. The second-order valence-corrected chi connectivity index (χ2v) is 2.34. The number of rotatable bonds is 7. The fraction of sp³-hybridized carbons (Fsp3) is 0.750. The standard InChI is InChI=1S/C8H15NO3/c1-2-5-12-6-3-4-9-7-8(10)11/h7H,2-6H2,1H3,(H,10,11). The van der Waals surface area contributed by atoms with E-state index in [1.807, 2.05) is 6.92 Å². The first kappa shape index (κ1) is 11.1. The average Bonchev–Trinajstić information content (AvgIpc) is 2.02. The Bertz CT molecular complexity index is 145. The van der Waals surface area contributed by atoms with Crippen LogP contribution in [0.2, 0.25) is 0 Å². The highest BCUT2D eigenvalue weighted by Gasteiger charge is 1.87. The summed E-state index contributed by atoms with van der Waals surface area (Å²) in [4.78, 5) is 13.6. The molecule has 70 valence electrons. The van der Waals surface area contributed by atoms with Crippen molar-refractivity contribution in [3.63, 3.8) is 0 Å². The van der Waals surface area contributed by atoms with E-state index in [-0.39, 0.29) is 0 Å². The molecule has 4 heteroatoms. The molecule has 1 N–H and O–H groups in total. The van der Waals surface area contributed by atoms with E-state index in [1.165, 1.54) is 0 Å². The third-order valence-electron chi connectivity index (χ3n) is 1.13. The van der Waals surface area contributed by atoms with Crippen LogP contribution in [0.5, 0.6) is 0 Å². The summed E-state index contributed by atoms with van der Waals surface area (Å²) >= 11 is 0. The number of carboxylic acids is 1. The van der Waals surface area contributed by atoms with Crippen LogP contribution < -0.4 is 0 Å². The van der Waals surface area contributed by atoms with Gasteiger partial charge in [-0.1, -0.05) is 6.92 Å². The quantitative estimate of drug-likeness (QED) is 0.460. The lowest BCUT2D eigenvalue weighted by atomic mass is 10.4. The maximum atomic E-state index is 9.95. The van der Waals surface area contributed by atoms with Crippen LogP contribution in [0, 0.1) is 0 Å². The lowest BCUT2D eigenvalue weighted by molar-refractivity contribution is -0.128. The summed E-state index contributed by atoms with van der Waals surface area (Å²) in [6.07, 6.45) is 2.71. The summed E-state index contributed by atoms with van der Waals surface area (Å²) in [5.41, 5.74) is 0. The van der Waals surface area contributed by atoms with Crippen LogP contribution in [0.3, 0.4) is 0 Å². The molecule has 0 amide bonds. The van der Waals surface area contributed by atoms with E-state index in [0.717, 1.165) is 25.7 Å². The van der Waals surface area contributed by atoms with Gasteiger partial charge in [0.2, 0.25) is 0 Å². The molecule has 0 radical (unpaired) electrons. The van der Waals surface area contributed by atoms with E-state index in [2.05, 4.69) is 4.99 Å².